The number of ketones is 1. The topological polar surface area (TPSA) is 82.0 Å². The van der Waals surface area contributed by atoms with Gasteiger partial charge in [0.1, 0.15) is 5.52 Å². The van der Waals surface area contributed by atoms with Gasteiger partial charge in [0.05, 0.1) is 6.04 Å². The van der Waals surface area contributed by atoms with E-state index in [-0.39, 0.29) is 11.7 Å². The number of carbonyl (C=O) groups excluding carboxylic acids is 1. The molecule has 0 aliphatic rings. The predicted molar refractivity (Wildman–Crippen MR) is 63.9 cm³/mol. The van der Waals surface area contributed by atoms with Crippen molar-refractivity contribution in [1.82, 2.24) is 9.97 Å². The molecule has 1 unspecified atom stereocenters. The van der Waals surface area contributed by atoms with Crippen molar-refractivity contribution in [1.29, 1.82) is 0 Å². The van der Waals surface area contributed by atoms with E-state index in [1.807, 2.05) is 13.8 Å². The van der Waals surface area contributed by atoms with Gasteiger partial charge in [-0.1, -0.05) is 13.8 Å². The van der Waals surface area contributed by atoms with Crippen LogP contribution in [0.4, 0.5) is 0 Å². The highest BCUT2D eigenvalue weighted by Gasteiger charge is 2.15. The van der Waals surface area contributed by atoms with Crippen molar-refractivity contribution in [3.8, 4) is 0 Å². The van der Waals surface area contributed by atoms with Crippen molar-refractivity contribution < 1.29 is 9.21 Å². The summed E-state index contributed by atoms with van der Waals surface area (Å²) in [6, 6.07) is 1.13. The fraction of sp³-hybridized carbons (Fsp3) is 0.417. The van der Waals surface area contributed by atoms with Crippen molar-refractivity contribution in [3.63, 3.8) is 0 Å². The Morgan fingerprint density at radius 2 is 2.12 bits per heavy atom. The summed E-state index contributed by atoms with van der Waals surface area (Å²) in [7, 11) is 0. The third kappa shape index (κ3) is 2.19. The Labute approximate surface area is 99.0 Å². The molecule has 2 aromatic rings. The number of oxazole rings is 1. The molecule has 0 amide bonds. The molecular formula is C12H15N3O2. The number of hydrogen-bond acceptors (Lipinski definition) is 5. The Kier molecular flexibility index (Phi) is 2.93. The molecule has 0 fully saturated rings. The Morgan fingerprint density at radius 1 is 1.41 bits per heavy atom. The quantitative estimate of drug-likeness (QED) is 0.818. The van der Waals surface area contributed by atoms with Crippen LogP contribution in [0.15, 0.2) is 16.7 Å². The number of hydrogen-bond donors (Lipinski definition) is 1. The number of nitrogens with zero attached hydrogens (tertiary/aromatic N) is 2. The second-order valence-electron chi connectivity index (χ2n) is 4.41. The predicted octanol–water partition coefficient (Wildman–Crippen LogP) is 1.88. The molecule has 5 nitrogen and oxygen atoms in total. The lowest BCUT2D eigenvalue weighted by molar-refractivity contribution is 0.0968. The van der Waals surface area contributed by atoms with Gasteiger partial charge in [0, 0.05) is 17.7 Å². The van der Waals surface area contributed by atoms with Crippen LogP contribution in [0.25, 0.3) is 11.2 Å². The Bertz CT molecular complexity index is 558. The Morgan fingerprint density at radius 3 is 2.71 bits per heavy atom. The largest absolute Gasteiger partial charge is 0.422 e. The monoisotopic (exact) mass is 233 g/mol. The number of rotatable bonds is 3. The smallest absolute Gasteiger partial charge is 0.246 e. The SMILES string of the molecule is CC(N)C(=O)c1cnc2oc(C(C)C)nc2c1. The molecule has 0 aliphatic carbocycles. The number of pyridine rings is 1. The Balaban J connectivity index is 2.47. The van der Waals surface area contributed by atoms with Gasteiger partial charge < -0.3 is 10.2 Å². The zero-order valence-electron chi connectivity index (χ0n) is 10.1. The highest BCUT2D eigenvalue weighted by molar-refractivity contribution is 6.01. The minimum Gasteiger partial charge on any atom is -0.422 e. The molecule has 2 heterocycles. The van der Waals surface area contributed by atoms with E-state index in [2.05, 4.69) is 9.97 Å². The van der Waals surface area contributed by atoms with Crippen LogP contribution >= 0.6 is 0 Å². The summed E-state index contributed by atoms with van der Waals surface area (Å²) in [5, 5.41) is 0. The van der Waals surface area contributed by atoms with Crippen LogP contribution in [0.1, 0.15) is 42.9 Å². The molecule has 1 atom stereocenters. The van der Waals surface area contributed by atoms with Crippen molar-refractivity contribution in [2.45, 2.75) is 32.7 Å². The van der Waals surface area contributed by atoms with Gasteiger partial charge in [0.25, 0.3) is 0 Å². The number of aromatic nitrogens is 2. The molecule has 2 N–H and O–H groups in total. The van der Waals surface area contributed by atoms with Crippen molar-refractivity contribution in [2.75, 3.05) is 0 Å². The first-order valence-corrected chi connectivity index (χ1v) is 5.55. The molecule has 0 spiro atoms. The van der Waals surface area contributed by atoms with E-state index in [4.69, 9.17) is 10.2 Å². The van der Waals surface area contributed by atoms with Gasteiger partial charge in [-0.15, -0.1) is 0 Å². The fourth-order valence-corrected chi connectivity index (χ4v) is 1.48. The van der Waals surface area contributed by atoms with Crippen molar-refractivity contribution in [3.05, 3.63) is 23.7 Å². The van der Waals surface area contributed by atoms with Crippen molar-refractivity contribution in [2.24, 2.45) is 5.73 Å². The average molecular weight is 233 g/mol. The van der Waals surface area contributed by atoms with Gasteiger partial charge in [0.2, 0.25) is 5.71 Å². The highest BCUT2D eigenvalue weighted by atomic mass is 16.4. The number of Topliss-reactive ketones (excluding diaryl/α,β-unsaturated/α-hetero) is 1. The molecule has 0 bridgehead atoms. The molecule has 17 heavy (non-hydrogen) atoms. The van der Waals surface area contributed by atoms with E-state index in [9.17, 15) is 4.79 Å². The van der Waals surface area contributed by atoms with E-state index in [1.54, 1.807) is 13.0 Å². The van der Waals surface area contributed by atoms with Gasteiger partial charge >= 0.3 is 0 Å². The summed E-state index contributed by atoms with van der Waals surface area (Å²) in [4.78, 5) is 20.1. The van der Waals surface area contributed by atoms with E-state index in [0.29, 0.717) is 22.7 Å². The zero-order chi connectivity index (χ0) is 12.6. The van der Waals surface area contributed by atoms with Crippen LogP contribution in [0.5, 0.6) is 0 Å². The lowest BCUT2D eigenvalue weighted by Gasteiger charge is -2.02. The zero-order valence-corrected chi connectivity index (χ0v) is 10.1. The second kappa shape index (κ2) is 4.25. The molecular weight excluding hydrogens is 218 g/mol. The Hall–Kier alpha value is -1.75. The number of carbonyl (C=O) groups is 1. The van der Waals surface area contributed by atoms with E-state index in [1.165, 1.54) is 6.20 Å². The van der Waals surface area contributed by atoms with Crippen LogP contribution in [0.3, 0.4) is 0 Å². The van der Waals surface area contributed by atoms with E-state index >= 15 is 0 Å². The first kappa shape index (κ1) is 11.7. The summed E-state index contributed by atoms with van der Waals surface area (Å²) >= 11 is 0. The third-order valence-corrected chi connectivity index (χ3v) is 2.46. The van der Waals surface area contributed by atoms with E-state index < -0.39 is 6.04 Å². The van der Waals surface area contributed by atoms with Crippen LogP contribution in [0.2, 0.25) is 0 Å². The summed E-state index contributed by atoms with van der Waals surface area (Å²) < 4.78 is 5.46. The van der Waals surface area contributed by atoms with Crippen LogP contribution < -0.4 is 5.73 Å². The first-order valence-electron chi connectivity index (χ1n) is 5.55. The summed E-state index contributed by atoms with van der Waals surface area (Å²) in [5.41, 5.74) is 7.06. The molecule has 0 saturated heterocycles. The fourth-order valence-electron chi connectivity index (χ4n) is 1.48. The molecule has 2 rings (SSSR count). The van der Waals surface area contributed by atoms with E-state index in [0.717, 1.165) is 0 Å². The minimum absolute atomic E-state index is 0.145. The molecule has 0 aliphatic heterocycles. The maximum Gasteiger partial charge on any atom is 0.246 e. The maximum absolute atomic E-state index is 11.7. The molecule has 90 valence electrons. The van der Waals surface area contributed by atoms with Crippen LogP contribution in [-0.4, -0.2) is 21.8 Å². The third-order valence-electron chi connectivity index (χ3n) is 2.46. The average Bonchev–Trinajstić information content (AvgIpc) is 2.70. The molecule has 0 radical (unpaired) electrons. The number of nitrogens with two attached hydrogens (primary N) is 1. The van der Waals surface area contributed by atoms with Crippen molar-refractivity contribution >= 4 is 17.0 Å². The summed E-state index contributed by atoms with van der Waals surface area (Å²) in [6.07, 6.45) is 1.48. The van der Waals surface area contributed by atoms with Crippen LogP contribution in [-0.2, 0) is 0 Å². The normalized spacial score (nSPS) is 13.2. The van der Waals surface area contributed by atoms with Gasteiger partial charge in [0.15, 0.2) is 11.7 Å². The highest BCUT2D eigenvalue weighted by Crippen LogP contribution is 2.20. The number of fused-ring (bicyclic) bond motifs is 1. The van der Waals surface area contributed by atoms with Gasteiger partial charge in [-0.25, -0.2) is 9.97 Å². The summed E-state index contributed by atoms with van der Waals surface area (Å²) in [5.74, 6) is 0.670. The lowest BCUT2D eigenvalue weighted by atomic mass is 10.1. The summed E-state index contributed by atoms with van der Waals surface area (Å²) in [6.45, 7) is 5.62. The second-order valence-corrected chi connectivity index (χ2v) is 4.41. The molecule has 0 aromatic carbocycles. The molecule has 0 saturated carbocycles. The first-order chi connectivity index (χ1) is 7.99. The maximum atomic E-state index is 11.7. The van der Waals surface area contributed by atoms with Gasteiger partial charge in [-0.3, -0.25) is 4.79 Å². The lowest BCUT2D eigenvalue weighted by Crippen LogP contribution is -2.26. The van der Waals surface area contributed by atoms with Gasteiger partial charge in [-0.05, 0) is 13.0 Å². The van der Waals surface area contributed by atoms with Crippen LogP contribution in [0, 0.1) is 0 Å². The molecule has 2 aromatic heterocycles. The standard InChI is InChI=1S/C12H15N3O2/c1-6(2)11-15-9-4-8(10(16)7(3)13)5-14-12(9)17-11/h4-7H,13H2,1-3H3. The molecule has 5 heteroatoms. The minimum atomic E-state index is -0.536. The van der Waals surface area contributed by atoms with Gasteiger partial charge in [-0.2, -0.15) is 0 Å².